The second-order valence-electron chi connectivity index (χ2n) is 5.59. The standard InChI is InChI=1S/C16H22FN5O.HI/c1-21(2)16(22(3)4)18-11-5-6-14-19-15(20-23-14)12-7-9-13(17)10-8-12;/h7-10H,5-6,11H2,1-4H3;1H. The molecule has 132 valence electrons. The number of aliphatic imine (C=N–C) groups is 1. The number of aryl methyl sites for hydroxylation is 1. The Morgan fingerprint density at radius 3 is 2.33 bits per heavy atom. The Kier molecular flexibility index (Phi) is 8.09. The fourth-order valence-electron chi connectivity index (χ4n) is 2.16. The predicted molar refractivity (Wildman–Crippen MR) is 103 cm³/mol. The van der Waals surface area contributed by atoms with E-state index in [1.807, 2.05) is 38.0 Å². The first-order chi connectivity index (χ1) is 11.0. The molecule has 0 radical (unpaired) electrons. The zero-order chi connectivity index (χ0) is 16.8. The molecule has 6 nitrogen and oxygen atoms in total. The molecule has 2 aromatic rings. The van der Waals surface area contributed by atoms with Gasteiger partial charge in [0.1, 0.15) is 5.82 Å². The van der Waals surface area contributed by atoms with Gasteiger partial charge in [-0.15, -0.1) is 24.0 Å². The third kappa shape index (κ3) is 5.73. The van der Waals surface area contributed by atoms with Gasteiger partial charge in [-0.25, -0.2) is 4.39 Å². The SMILES string of the molecule is CN(C)C(=NCCCc1nc(-c2ccc(F)cc2)no1)N(C)C.I. The zero-order valence-corrected chi connectivity index (χ0v) is 16.7. The molecule has 0 N–H and O–H groups in total. The van der Waals surface area contributed by atoms with Crippen molar-refractivity contribution in [1.82, 2.24) is 19.9 Å². The van der Waals surface area contributed by atoms with Crippen LogP contribution in [0.15, 0.2) is 33.8 Å². The average molecular weight is 447 g/mol. The summed E-state index contributed by atoms with van der Waals surface area (Å²) in [5.74, 6) is 1.68. The van der Waals surface area contributed by atoms with Gasteiger partial charge in [-0.05, 0) is 30.7 Å². The predicted octanol–water partition coefficient (Wildman–Crippen LogP) is 2.91. The summed E-state index contributed by atoms with van der Waals surface area (Å²) in [4.78, 5) is 12.8. The summed E-state index contributed by atoms with van der Waals surface area (Å²) in [5, 5.41) is 3.93. The van der Waals surface area contributed by atoms with Gasteiger partial charge in [-0.2, -0.15) is 4.98 Å². The minimum Gasteiger partial charge on any atom is -0.349 e. The minimum absolute atomic E-state index is 0. The Balaban J connectivity index is 0.00000288. The van der Waals surface area contributed by atoms with Gasteiger partial charge < -0.3 is 14.3 Å². The number of guanidine groups is 1. The van der Waals surface area contributed by atoms with Gasteiger partial charge in [0.05, 0.1) is 0 Å². The van der Waals surface area contributed by atoms with E-state index in [0.717, 1.165) is 17.9 Å². The molecule has 0 saturated heterocycles. The van der Waals surface area contributed by atoms with Gasteiger partial charge in [-0.3, -0.25) is 4.99 Å². The van der Waals surface area contributed by atoms with Crippen LogP contribution in [0.1, 0.15) is 12.3 Å². The molecular formula is C16H23FIN5O. The van der Waals surface area contributed by atoms with Crippen LogP contribution in [0.4, 0.5) is 4.39 Å². The van der Waals surface area contributed by atoms with Crippen molar-refractivity contribution in [3.05, 3.63) is 36.0 Å². The summed E-state index contributed by atoms with van der Waals surface area (Å²) < 4.78 is 18.1. The van der Waals surface area contributed by atoms with E-state index in [9.17, 15) is 4.39 Å². The van der Waals surface area contributed by atoms with Gasteiger partial charge in [0.15, 0.2) is 5.96 Å². The van der Waals surface area contributed by atoms with Crippen LogP contribution in [0.3, 0.4) is 0 Å². The lowest BCUT2D eigenvalue weighted by Gasteiger charge is -2.22. The van der Waals surface area contributed by atoms with Gasteiger partial charge in [0.25, 0.3) is 0 Å². The van der Waals surface area contributed by atoms with Crippen LogP contribution in [0.25, 0.3) is 11.4 Å². The van der Waals surface area contributed by atoms with Gasteiger partial charge >= 0.3 is 0 Å². The molecule has 0 atom stereocenters. The van der Waals surface area contributed by atoms with Crippen LogP contribution in [-0.4, -0.2) is 60.6 Å². The molecule has 0 aliphatic carbocycles. The Morgan fingerprint density at radius 2 is 1.75 bits per heavy atom. The first-order valence-electron chi connectivity index (χ1n) is 7.45. The quantitative estimate of drug-likeness (QED) is 0.306. The molecular weight excluding hydrogens is 424 g/mol. The topological polar surface area (TPSA) is 57.8 Å². The maximum atomic E-state index is 12.9. The molecule has 8 heteroatoms. The van der Waals surface area contributed by atoms with E-state index in [0.29, 0.717) is 24.7 Å². The molecule has 0 aliphatic heterocycles. The van der Waals surface area contributed by atoms with Crippen LogP contribution in [0.5, 0.6) is 0 Å². The summed E-state index contributed by atoms with van der Waals surface area (Å²) in [6.07, 6.45) is 1.47. The highest BCUT2D eigenvalue weighted by atomic mass is 127. The highest BCUT2D eigenvalue weighted by molar-refractivity contribution is 14.0. The number of rotatable bonds is 5. The molecule has 0 fully saturated rings. The third-order valence-corrected chi connectivity index (χ3v) is 3.17. The molecule has 0 aliphatic rings. The molecule has 0 saturated carbocycles. The maximum absolute atomic E-state index is 12.9. The number of hydrogen-bond donors (Lipinski definition) is 0. The summed E-state index contributed by atoms with van der Waals surface area (Å²) in [7, 11) is 7.86. The second kappa shape index (κ2) is 9.55. The minimum atomic E-state index is -0.284. The fraction of sp³-hybridized carbons (Fsp3) is 0.438. The van der Waals surface area contributed by atoms with Crippen LogP contribution in [-0.2, 0) is 6.42 Å². The molecule has 1 aromatic carbocycles. The highest BCUT2D eigenvalue weighted by Gasteiger charge is 2.09. The van der Waals surface area contributed by atoms with E-state index in [4.69, 9.17) is 4.52 Å². The van der Waals surface area contributed by atoms with Crippen molar-refractivity contribution in [1.29, 1.82) is 0 Å². The Hall–Kier alpha value is -1.71. The second-order valence-corrected chi connectivity index (χ2v) is 5.59. The Labute approximate surface area is 158 Å². The van der Waals surface area contributed by atoms with Crippen molar-refractivity contribution >= 4 is 29.9 Å². The molecule has 1 aromatic heterocycles. The number of hydrogen-bond acceptors (Lipinski definition) is 4. The Bertz CT molecular complexity index is 645. The van der Waals surface area contributed by atoms with Gasteiger partial charge in [0, 0.05) is 46.7 Å². The monoisotopic (exact) mass is 447 g/mol. The van der Waals surface area contributed by atoms with Crippen molar-refractivity contribution in [3.8, 4) is 11.4 Å². The van der Waals surface area contributed by atoms with E-state index in [1.165, 1.54) is 12.1 Å². The van der Waals surface area contributed by atoms with E-state index in [2.05, 4.69) is 15.1 Å². The first-order valence-corrected chi connectivity index (χ1v) is 7.45. The summed E-state index contributed by atoms with van der Waals surface area (Å²) in [6.45, 7) is 0.681. The van der Waals surface area contributed by atoms with E-state index < -0.39 is 0 Å². The summed E-state index contributed by atoms with van der Waals surface area (Å²) in [6, 6.07) is 6.03. The average Bonchev–Trinajstić information content (AvgIpc) is 2.95. The molecule has 24 heavy (non-hydrogen) atoms. The van der Waals surface area contributed by atoms with Gasteiger partial charge in [0.2, 0.25) is 11.7 Å². The molecule has 1 heterocycles. The van der Waals surface area contributed by atoms with Crippen molar-refractivity contribution in [3.63, 3.8) is 0 Å². The normalized spacial score (nSPS) is 10.0. The van der Waals surface area contributed by atoms with Crippen molar-refractivity contribution < 1.29 is 8.91 Å². The largest absolute Gasteiger partial charge is 0.349 e. The molecule has 0 amide bonds. The summed E-state index contributed by atoms with van der Waals surface area (Å²) >= 11 is 0. The van der Waals surface area contributed by atoms with Crippen molar-refractivity contribution in [2.75, 3.05) is 34.7 Å². The van der Waals surface area contributed by atoms with Crippen molar-refractivity contribution in [2.45, 2.75) is 12.8 Å². The number of benzene rings is 1. The molecule has 2 rings (SSSR count). The number of halogens is 2. The van der Waals surface area contributed by atoms with Crippen LogP contribution >= 0.6 is 24.0 Å². The lowest BCUT2D eigenvalue weighted by molar-refractivity contribution is 0.376. The van der Waals surface area contributed by atoms with E-state index >= 15 is 0 Å². The zero-order valence-electron chi connectivity index (χ0n) is 14.4. The maximum Gasteiger partial charge on any atom is 0.227 e. The smallest absolute Gasteiger partial charge is 0.227 e. The van der Waals surface area contributed by atoms with Gasteiger partial charge in [-0.1, -0.05) is 5.16 Å². The van der Waals surface area contributed by atoms with E-state index in [-0.39, 0.29) is 29.8 Å². The third-order valence-electron chi connectivity index (χ3n) is 3.17. The van der Waals surface area contributed by atoms with Crippen LogP contribution in [0.2, 0.25) is 0 Å². The lowest BCUT2D eigenvalue weighted by atomic mass is 10.2. The Morgan fingerprint density at radius 1 is 1.12 bits per heavy atom. The summed E-state index contributed by atoms with van der Waals surface area (Å²) in [5.41, 5.74) is 0.738. The molecule has 0 bridgehead atoms. The lowest BCUT2D eigenvalue weighted by Crippen LogP contribution is -2.35. The number of aromatic nitrogens is 2. The first kappa shape index (κ1) is 20.3. The molecule has 0 spiro atoms. The fourth-order valence-corrected chi connectivity index (χ4v) is 2.16. The number of nitrogens with zero attached hydrogens (tertiary/aromatic N) is 5. The van der Waals surface area contributed by atoms with Crippen LogP contribution < -0.4 is 0 Å². The van der Waals surface area contributed by atoms with E-state index in [1.54, 1.807) is 12.1 Å². The highest BCUT2D eigenvalue weighted by Crippen LogP contribution is 2.16. The van der Waals surface area contributed by atoms with Crippen molar-refractivity contribution in [2.24, 2.45) is 4.99 Å². The molecule has 0 unspecified atom stereocenters. The van der Waals surface area contributed by atoms with Crippen LogP contribution in [0, 0.1) is 5.82 Å².